The highest BCUT2D eigenvalue weighted by atomic mass is 35.5. The van der Waals surface area contributed by atoms with Gasteiger partial charge < -0.3 is 5.21 Å². The van der Waals surface area contributed by atoms with Crippen molar-refractivity contribution in [2.45, 2.75) is 0 Å². The van der Waals surface area contributed by atoms with Gasteiger partial charge in [-0.3, -0.25) is 10.1 Å². The quantitative estimate of drug-likeness (QED) is 0.344. The van der Waals surface area contributed by atoms with Crippen molar-refractivity contribution in [1.82, 2.24) is 0 Å². The molecule has 0 unspecified atom stereocenters. The summed E-state index contributed by atoms with van der Waals surface area (Å²) in [6.45, 7) is 0. The first-order valence-corrected chi connectivity index (χ1v) is 3.65. The molecule has 0 aliphatic heterocycles. The molecule has 5 nitrogen and oxygen atoms in total. The molecular weight excluding hydrogens is 196 g/mol. The van der Waals surface area contributed by atoms with Crippen molar-refractivity contribution in [2.24, 2.45) is 5.16 Å². The lowest BCUT2D eigenvalue weighted by atomic mass is 10.2. The van der Waals surface area contributed by atoms with Crippen LogP contribution in [0, 0.1) is 10.1 Å². The summed E-state index contributed by atoms with van der Waals surface area (Å²) in [6, 6.07) is 4.21. The van der Waals surface area contributed by atoms with Crippen molar-refractivity contribution in [3.63, 3.8) is 0 Å². The number of nitro groups is 1. The van der Waals surface area contributed by atoms with Crippen molar-refractivity contribution in [3.05, 3.63) is 38.9 Å². The minimum absolute atomic E-state index is 0.0941. The van der Waals surface area contributed by atoms with E-state index < -0.39 is 4.92 Å². The number of rotatable bonds is 2. The molecule has 0 spiro atoms. The van der Waals surface area contributed by atoms with E-state index in [2.05, 4.69) is 5.16 Å². The molecule has 13 heavy (non-hydrogen) atoms. The maximum atomic E-state index is 10.5. The molecule has 0 amide bonds. The lowest BCUT2D eigenvalue weighted by Crippen LogP contribution is -1.95. The molecule has 0 radical (unpaired) electrons. The van der Waals surface area contributed by atoms with Gasteiger partial charge >= 0.3 is 0 Å². The summed E-state index contributed by atoms with van der Waals surface area (Å²) in [5, 5.41) is 21.6. The molecular formula is C7H5ClN2O3. The Kier molecular flexibility index (Phi) is 2.81. The van der Waals surface area contributed by atoms with Gasteiger partial charge in [-0.15, -0.1) is 0 Å². The number of halogens is 1. The highest BCUT2D eigenvalue weighted by Gasteiger charge is 2.14. The first kappa shape index (κ1) is 9.47. The van der Waals surface area contributed by atoms with E-state index in [-0.39, 0.29) is 16.3 Å². The van der Waals surface area contributed by atoms with Gasteiger partial charge in [-0.1, -0.05) is 22.8 Å². The average molecular weight is 201 g/mol. The third-order valence-electron chi connectivity index (χ3n) is 1.41. The van der Waals surface area contributed by atoms with Crippen LogP contribution in [0.15, 0.2) is 23.4 Å². The fourth-order valence-electron chi connectivity index (χ4n) is 0.870. The predicted octanol–water partition coefficient (Wildman–Crippen LogP) is 2.06. The van der Waals surface area contributed by atoms with Crippen molar-refractivity contribution in [1.29, 1.82) is 0 Å². The number of nitro benzene ring substituents is 1. The van der Waals surface area contributed by atoms with Crippen LogP contribution < -0.4 is 0 Å². The second-order valence-corrected chi connectivity index (χ2v) is 2.58. The molecule has 0 aromatic heterocycles. The molecule has 0 aliphatic carbocycles. The van der Waals surface area contributed by atoms with E-state index in [4.69, 9.17) is 16.8 Å². The summed E-state index contributed by atoms with van der Waals surface area (Å²) in [5.74, 6) is 0. The maximum absolute atomic E-state index is 10.5. The normalized spacial score (nSPS) is 10.5. The summed E-state index contributed by atoms with van der Waals surface area (Å²) < 4.78 is 0. The highest BCUT2D eigenvalue weighted by molar-refractivity contribution is 6.33. The van der Waals surface area contributed by atoms with Crippen molar-refractivity contribution < 1.29 is 10.1 Å². The number of hydrogen-bond acceptors (Lipinski definition) is 4. The number of benzene rings is 1. The zero-order valence-electron chi connectivity index (χ0n) is 6.35. The third-order valence-corrected chi connectivity index (χ3v) is 1.74. The topological polar surface area (TPSA) is 75.7 Å². The van der Waals surface area contributed by atoms with Gasteiger partial charge in [0, 0.05) is 6.07 Å². The van der Waals surface area contributed by atoms with Crippen molar-refractivity contribution >= 4 is 23.5 Å². The van der Waals surface area contributed by atoms with Crippen LogP contribution in [-0.4, -0.2) is 16.3 Å². The van der Waals surface area contributed by atoms with Gasteiger partial charge in [-0.2, -0.15) is 0 Å². The fourth-order valence-corrected chi connectivity index (χ4v) is 1.09. The molecule has 68 valence electrons. The van der Waals surface area contributed by atoms with Crippen molar-refractivity contribution in [3.8, 4) is 0 Å². The number of hydrogen-bond donors (Lipinski definition) is 1. The Morgan fingerprint density at radius 2 is 2.31 bits per heavy atom. The molecule has 0 saturated carbocycles. The van der Waals surface area contributed by atoms with Gasteiger partial charge in [-0.05, 0) is 6.07 Å². The Balaban J connectivity index is 3.33. The van der Waals surface area contributed by atoms with Gasteiger partial charge in [0.1, 0.15) is 0 Å². The first-order valence-electron chi connectivity index (χ1n) is 3.27. The van der Waals surface area contributed by atoms with Crippen LogP contribution in [0.4, 0.5) is 5.69 Å². The second-order valence-electron chi connectivity index (χ2n) is 2.17. The predicted molar refractivity (Wildman–Crippen MR) is 47.5 cm³/mol. The van der Waals surface area contributed by atoms with Crippen LogP contribution in [-0.2, 0) is 0 Å². The number of oxime groups is 1. The lowest BCUT2D eigenvalue weighted by molar-refractivity contribution is -0.385. The van der Waals surface area contributed by atoms with E-state index in [1.807, 2.05) is 0 Å². The molecule has 1 aromatic carbocycles. The summed E-state index contributed by atoms with van der Waals surface area (Å²) in [7, 11) is 0. The Bertz CT molecular complexity index is 365. The standard InChI is InChI=1S/C7H5ClN2O3/c8-6-2-1-3-7(10(12)13)5(6)4-9-11/h1-4,11H. The zero-order chi connectivity index (χ0) is 9.84. The van der Waals surface area contributed by atoms with E-state index >= 15 is 0 Å². The minimum atomic E-state index is -0.594. The Hall–Kier alpha value is -1.62. The Morgan fingerprint density at radius 3 is 2.85 bits per heavy atom. The summed E-state index contributed by atoms with van der Waals surface area (Å²) in [6.07, 6.45) is 0.931. The van der Waals surface area contributed by atoms with E-state index in [0.29, 0.717) is 0 Å². The van der Waals surface area contributed by atoms with Gasteiger partial charge in [0.25, 0.3) is 5.69 Å². The summed E-state index contributed by atoms with van der Waals surface area (Å²) >= 11 is 5.65. The molecule has 0 fully saturated rings. The second kappa shape index (κ2) is 3.86. The van der Waals surface area contributed by atoms with E-state index in [9.17, 15) is 10.1 Å². The molecule has 0 bridgehead atoms. The van der Waals surface area contributed by atoms with Crippen LogP contribution >= 0.6 is 11.6 Å². The average Bonchev–Trinajstić information content (AvgIpc) is 2.08. The van der Waals surface area contributed by atoms with E-state index in [1.54, 1.807) is 0 Å². The van der Waals surface area contributed by atoms with Crippen LogP contribution in [0.25, 0.3) is 0 Å². The summed E-state index contributed by atoms with van der Waals surface area (Å²) in [5.41, 5.74) is -0.0954. The van der Waals surface area contributed by atoms with Crippen molar-refractivity contribution in [2.75, 3.05) is 0 Å². The molecule has 1 rings (SSSR count). The molecule has 0 saturated heterocycles. The molecule has 1 aromatic rings. The van der Waals surface area contributed by atoms with Gasteiger partial charge in [-0.25, -0.2) is 0 Å². The monoisotopic (exact) mass is 200 g/mol. The summed E-state index contributed by atoms with van der Waals surface area (Å²) in [4.78, 5) is 9.86. The maximum Gasteiger partial charge on any atom is 0.279 e. The largest absolute Gasteiger partial charge is 0.411 e. The van der Waals surface area contributed by atoms with Gasteiger partial charge in [0.05, 0.1) is 21.7 Å². The molecule has 0 heterocycles. The molecule has 0 atom stereocenters. The lowest BCUT2D eigenvalue weighted by Gasteiger charge is -1.97. The third kappa shape index (κ3) is 1.94. The van der Waals surface area contributed by atoms with Crippen LogP contribution in [0.2, 0.25) is 5.02 Å². The number of nitrogens with zero attached hydrogens (tertiary/aromatic N) is 2. The minimum Gasteiger partial charge on any atom is -0.411 e. The van der Waals surface area contributed by atoms with Crippen LogP contribution in [0.1, 0.15) is 5.56 Å². The van der Waals surface area contributed by atoms with Crippen LogP contribution in [0.5, 0.6) is 0 Å². The van der Waals surface area contributed by atoms with Gasteiger partial charge in [0.15, 0.2) is 0 Å². The molecule has 1 N–H and O–H groups in total. The van der Waals surface area contributed by atoms with E-state index in [0.717, 1.165) is 6.21 Å². The van der Waals surface area contributed by atoms with Crippen LogP contribution in [0.3, 0.4) is 0 Å². The van der Waals surface area contributed by atoms with Gasteiger partial charge in [0.2, 0.25) is 0 Å². The zero-order valence-corrected chi connectivity index (χ0v) is 7.10. The SMILES string of the molecule is O=[N+]([O-])c1cccc(Cl)c1C=NO. The Morgan fingerprint density at radius 1 is 1.62 bits per heavy atom. The Labute approximate surface area is 78.4 Å². The molecule has 6 heteroatoms. The fraction of sp³-hybridized carbons (Fsp3) is 0. The smallest absolute Gasteiger partial charge is 0.279 e. The first-order chi connectivity index (χ1) is 6.16. The highest BCUT2D eigenvalue weighted by Crippen LogP contribution is 2.23. The molecule has 0 aliphatic rings. The van der Waals surface area contributed by atoms with E-state index in [1.165, 1.54) is 18.2 Å².